The molecule has 3 nitrogen and oxygen atoms in total. The molecule has 0 aliphatic carbocycles. The molecule has 0 aromatic heterocycles. The standard InChI is InChI=1S/C13H17NO2/c1-2-3-4-5-6-7-8-9-10-12(11-14)13(15)16/h6-10H,2-5H2,1H3,(H,15,16). The lowest BCUT2D eigenvalue weighted by atomic mass is 10.2. The number of allylic oxidation sites excluding steroid dienone is 5. The summed E-state index contributed by atoms with van der Waals surface area (Å²) in [5.41, 5.74) is -0.254. The van der Waals surface area contributed by atoms with Gasteiger partial charge in [-0.05, 0) is 18.9 Å². The molecule has 0 amide bonds. The van der Waals surface area contributed by atoms with Crippen LogP contribution in [0, 0.1) is 11.3 Å². The molecule has 0 spiro atoms. The van der Waals surface area contributed by atoms with Crippen LogP contribution in [0.5, 0.6) is 0 Å². The maximum absolute atomic E-state index is 10.4. The summed E-state index contributed by atoms with van der Waals surface area (Å²) in [5.74, 6) is -1.20. The average molecular weight is 219 g/mol. The van der Waals surface area contributed by atoms with E-state index in [2.05, 4.69) is 6.92 Å². The third-order valence-corrected chi connectivity index (χ3v) is 1.95. The van der Waals surface area contributed by atoms with E-state index in [1.165, 1.54) is 25.3 Å². The van der Waals surface area contributed by atoms with Crippen LogP contribution in [0.4, 0.5) is 0 Å². The van der Waals surface area contributed by atoms with Gasteiger partial charge in [-0.25, -0.2) is 4.79 Å². The molecule has 86 valence electrons. The van der Waals surface area contributed by atoms with Crippen LogP contribution in [-0.2, 0) is 4.79 Å². The molecule has 0 bridgehead atoms. The van der Waals surface area contributed by atoms with Crippen LogP contribution < -0.4 is 0 Å². The molecule has 0 unspecified atom stereocenters. The SMILES string of the molecule is CCCCCC=CC=CC=C(C#N)C(=O)O. The van der Waals surface area contributed by atoms with Crippen molar-refractivity contribution in [1.29, 1.82) is 5.26 Å². The van der Waals surface area contributed by atoms with Crippen molar-refractivity contribution in [2.45, 2.75) is 32.6 Å². The summed E-state index contributed by atoms with van der Waals surface area (Å²) in [6.45, 7) is 2.16. The van der Waals surface area contributed by atoms with Crippen molar-refractivity contribution < 1.29 is 9.90 Å². The minimum absolute atomic E-state index is 0.254. The van der Waals surface area contributed by atoms with E-state index in [-0.39, 0.29) is 5.57 Å². The zero-order chi connectivity index (χ0) is 12.2. The van der Waals surface area contributed by atoms with E-state index in [1.54, 1.807) is 18.2 Å². The third-order valence-electron chi connectivity index (χ3n) is 1.95. The lowest BCUT2D eigenvalue weighted by molar-refractivity contribution is -0.132. The van der Waals surface area contributed by atoms with Gasteiger partial charge in [0.2, 0.25) is 0 Å². The minimum Gasteiger partial charge on any atom is -0.477 e. The number of carboxylic acids is 1. The molecule has 0 aromatic rings. The van der Waals surface area contributed by atoms with Gasteiger partial charge in [-0.3, -0.25) is 0 Å². The Morgan fingerprint density at radius 3 is 2.62 bits per heavy atom. The second-order valence-electron chi connectivity index (χ2n) is 3.31. The number of unbranched alkanes of at least 4 members (excludes halogenated alkanes) is 3. The maximum atomic E-state index is 10.4. The highest BCUT2D eigenvalue weighted by molar-refractivity contribution is 5.91. The molecule has 0 saturated heterocycles. The second-order valence-corrected chi connectivity index (χ2v) is 3.31. The molecule has 16 heavy (non-hydrogen) atoms. The summed E-state index contributed by atoms with van der Waals surface area (Å²) >= 11 is 0. The zero-order valence-corrected chi connectivity index (χ0v) is 9.52. The Labute approximate surface area is 96.4 Å². The fourth-order valence-corrected chi connectivity index (χ4v) is 1.06. The quantitative estimate of drug-likeness (QED) is 0.309. The highest BCUT2D eigenvalue weighted by Gasteiger charge is 2.01. The van der Waals surface area contributed by atoms with Crippen molar-refractivity contribution in [1.82, 2.24) is 0 Å². The zero-order valence-electron chi connectivity index (χ0n) is 9.52. The van der Waals surface area contributed by atoms with Crippen LogP contribution >= 0.6 is 0 Å². The van der Waals surface area contributed by atoms with E-state index in [1.807, 2.05) is 12.2 Å². The van der Waals surface area contributed by atoms with Gasteiger partial charge in [0, 0.05) is 0 Å². The largest absolute Gasteiger partial charge is 0.477 e. The molecule has 0 aliphatic rings. The van der Waals surface area contributed by atoms with E-state index in [4.69, 9.17) is 10.4 Å². The number of carboxylic acid groups (broad SMARTS) is 1. The predicted molar refractivity (Wildman–Crippen MR) is 63.8 cm³/mol. The maximum Gasteiger partial charge on any atom is 0.346 e. The lowest BCUT2D eigenvalue weighted by Crippen LogP contribution is -1.96. The van der Waals surface area contributed by atoms with Crippen molar-refractivity contribution in [3.05, 3.63) is 36.0 Å². The first-order valence-corrected chi connectivity index (χ1v) is 5.39. The van der Waals surface area contributed by atoms with E-state index in [0.717, 1.165) is 6.42 Å². The van der Waals surface area contributed by atoms with Crippen LogP contribution in [0.2, 0.25) is 0 Å². The summed E-state index contributed by atoms with van der Waals surface area (Å²) in [4.78, 5) is 10.4. The lowest BCUT2D eigenvalue weighted by Gasteiger charge is -1.89. The van der Waals surface area contributed by atoms with Gasteiger partial charge in [0.15, 0.2) is 0 Å². The predicted octanol–water partition coefficient (Wildman–Crippen LogP) is 3.21. The van der Waals surface area contributed by atoms with E-state index in [9.17, 15) is 4.79 Å². The van der Waals surface area contributed by atoms with Gasteiger partial charge in [0.1, 0.15) is 11.6 Å². The van der Waals surface area contributed by atoms with Crippen molar-refractivity contribution in [3.8, 4) is 6.07 Å². The Kier molecular flexibility index (Phi) is 8.62. The monoisotopic (exact) mass is 219 g/mol. The molecule has 0 rings (SSSR count). The van der Waals surface area contributed by atoms with Gasteiger partial charge in [-0.1, -0.05) is 44.1 Å². The van der Waals surface area contributed by atoms with E-state index < -0.39 is 5.97 Å². The highest BCUT2D eigenvalue weighted by atomic mass is 16.4. The molecule has 1 N–H and O–H groups in total. The Morgan fingerprint density at radius 2 is 2.06 bits per heavy atom. The van der Waals surface area contributed by atoms with Crippen LogP contribution in [0.3, 0.4) is 0 Å². The third kappa shape index (κ3) is 7.57. The molecular formula is C13H17NO2. The Bertz CT molecular complexity index is 332. The first-order chi connectivity index (χ1) is 7.72. The van der Waals surface area contributed by atoms with Crippen molar-refractivity contribution >= 4 is 5.97 Å². The number of carbonyl (C=O) groups is 1. The first-order valence-electron chi connectivity index (χ1n) is 5.39. The number of nitriles is 1. The van der Waals surface area contributed by atoms with E-state index in [0.29, 0.717) is 0 Å². The summed E-state index contributed by atoms with van der Waals surface area (Å²) in [5, 5.41) is 17.0. The highest BCUT2D eigenvalue weighted by Crippen LogP contribution is 1.99. The Hall–Kier alpha value is -1.82. The van der Waals surface area contributed by atoms with Gasteiger partial charge >= 0.3 is 5.97 Å². The average Bonchev–Trinajstić information content (AvgIpc) is 2.26. The molecule has 0 aliphatic heterocycles. The number of aliphatic carboxylic acids is 1. The second kappa shape index (κ2) is 9.72. The smallest absolute Gasteiger partial charge is 0.346 e. The minimum atomic E-state index is -1.20. The van der Waals surface area contributed by atoms with Crippen molar-refractivity contribution in [2.24, 2.45) is 0 Å². The van der Waals surface area contributed by atoms with E-state index >= 15 is 0 Å². The summed E-state index contributed by atoms with van der Waals surface area (Å²) in [6.07, 6.45) is 13.1. The summed E-state index contributed by atoms with van der Waals surface area (Å²) < 4.78 is 0. The van der Waals surface area contributed by atoms with Crippen LogP contribution in [0.15, 0.2) is 36.0 Å². The molecular weight excluding hydrogens is 202 g/mol. The Balaban J connectivity index is 3.93. The normalized spacial score (nSPS) is 12.1. The van der Waals surface area contributed by atoms with Gasteiger partial charge < -0.3 is 5.11 Å². The summed E-state index contributed by atoms with van der Waals surface area (Å²) in [7, 11) is 0. The number of rotatable bonds is 7. The molecule has 3 heteroatoms. The topological polar surface area (TPSA) is 61.1 Å². The molecule has 0 aromatic carbocycles. The van der Waals surface area contributed by atoms with Gasteiger partial charge in [-0.15, -0.1) is 0 Å². The molecule has 0 saturated carbocycles. The van der Waals surface area contributed by atoms with Crippen molar-refractivity contribution in [2.75, 3.05) is 0 Å². The number of nitrogens with zero attached hydrogens (tertiary/aromatic N) is 1. The van der Waals surface area contributed by atoms with Gasteiger partial charge in [0.25, 0.3) is 0 Å². The molecule has 0 radical (unpaired) electrons. The van der Waals surface area contributed by atoms with Gasteiger partial charge in [0.05, 0.1) is 0 Å². The van der Waals surface area contributed by atoms with Crippen LogP contribution in [-0.4, -0.2) is 11.1 Å². The van der Waals surface area contributed by atoms with Gasteiger partial charge in [-0.2, -0.15) is 5.26 Å². The molecule has 0 fully saturated rings. The fourth-order valence-electron chi connectivity index (χ4n) is 1.06. The molecule has 0 heterocycles. The number of hydrogen-bond acceptors (Lipinski definition) is 2. The Morgan fingerprint density at radius 1 is 1.31 bits per heavy atom. The fraction of sp³-hybridized carbons (Fsp3) is 0.385. The molecule has 0 atom stereocenters. The van der Waals surface area contributed by atoms with Crippen LogP contribution in [0.25, 0.3) is 0 Å². The number of hydrogen-bond donors (Lipinski definition) is 1. The first kappa shape index (κ1) is 14.2. The van der Waals surface area contributed by atoms with Crippen molar-refractivity contribution in [3.63, 3.8) is 0 Å². The summed E-state index contributed by atoms with van der Waals surface area (Å²) in [6, 6.07) is 1.61. The van der Waals surface area contributed by atoms with Crippen LogP contribution in [0.1, 0.15) is 32.6 Å².